The standard InChI is InChI=1S/C18H20N2O5S/c1-12(2)20-26(23,24)15-10-8-14(9-11-15)18(22)25-16(17(19)21)13-6-4-3-5-7-13/h3-12,16,20H,1-2H3,(H2,19,21). The number of benzene rings is 2. The van der Waals surface area contributed by atoms with Crippen LogP contribution in [0.2, 0.25) is 0 Å². The molecule has 2 aromatic rings. The van der Waals surface area contributed by atoms with Gasteiger partial charge in [-0.3, -0.25) is 4.79 Å². The molecule has 0 bridgehead atoms. The van der Waals surface area contributed by atoms with Gasteiger partial charge in [0.2, 0.25) is 16.1 Å². The number of hydrogen-bond acceptors (Lipinski definition) is 5. The van der Waals surface area contributed by atoms with Crippen molar-refractivity contribution in [2.75, 3.05) is 0 Å². The Labute approximate surface area is 152 Å². The van der Waals surface area contributed by atoms with E-state index in [0.29, 0.717) is 5.56 Å². The number of primary amides is 1. The number of nitrogens with one attached hydrogen (secondary N) is 1. The van der Waals surface area contributed by atoms with Gasteiger partial charge in [0.05, 0.1) is 10.5 Å². The number of ether oxygens (including phenoxy) is 1. The van der Waals surface area contributed by atoms with Gasteiger partial charge in [-0.05, 0) is 38.1 Å². The van der Waals surface area contributed by atoms with E-state index in [1.807, 2.05) is 0 Å². The second kappa shape index (κ2) is 8.11. The number of nitrogens with two attached hydrogens (primary N) is 1. The lowest BCUT2D eigenvalue weighted by Gasteiger charge is -2.15. The average Bonchev–Trinajstić information content (AvgIpc) is 2.59. The lowest BCUT2D eigenvalue weighted by atomic mass is 10.1. The summed E-state index contributed by atoms with van der Waals surface area (Å²) >= 11 is 0. The molecule has 0 aliphatic heterocycles. The number of rotatable bonds is 7. The smallest absolute Gasteiger partial charge is 0.339 e. The minimum absolute atomic E-state index is 0.0252. The number of sulfonamides is 1. The largest absolute Gasteiger partial charge is 0.444 e. The molecular weight excluding hydrogens is 356 g/mol. The fourth-order valence-corrected chi connectivity index (χ4v) is 3.49. The maximum atomic E-state index is 12.3. The maximum absolute atomic E-state index is 12.3. The summed E-state index contributed by atoms with van der Waals surface area (Å²) in [7, 11) is -3.66. The summed E-state index contributed by atoms with van der Waals surface area (Å²) in [5, 5.41) is 0. The van der Waals surface area contributed by atoms with Gasteiger partial charge in [0, 0.05) is 11.6 Å². The number of esters is 1. The van der Waals surface area contributed by atoms with Crippen LogP contribution in [0.3, 0.4) is 0 Å². The fourth-order valence-electron chi connectivity index (χ4n) is 2.24. The Morgan fingerprint density at radius 3 is 2.08 bits per heavy atom. The normalized spacial score (nSPS) is 12.6. The number of carbonyl (C=O) groups is 2. The summed E-state index contributed by atoms with van der Waals surface area (Å²) in [5.41, 5.74) is 5.88. The molecule has 2 aromatic carbocycles. The molecule has 0 radical (unpaired) electrons. The Kier molecular flexibility index (Phi) is 6.12. The van der Waals surface area contributed by atoms with Crippen LogP contribution in [0.5, 0.6) is 0 Å². The van der Waals surface area contributed by atoms with Crippen molar-refractivity contribution in [3.63, 3.8) is 0 Å². The first-order chi connectivity index (χ1) is 12.2. The summed E-state index contributed by atoms with van der Waals surface area (Å²) < 4.78 is 31.8. The van der Waals surface area contributed by atoms with Crippen LogP contribution >= 0.6 is 0 Å². The average molecular weight is 376 g/mol. The van der Waals surface area contributed by atoms with Crippen LogP contribution < -0.4 is 10.5 Å². The van der Waals surface area contributed by atoms with E-state index >= 15 is 0 Å². The predicted octanol–water partition coefficient (Wildman–Crippen LogP) is 1.76. The van der Waals surface area contributed by atoms with E-state index in [-0.39, 0.29) is 16.5 Å². The number of amides is 1. The molecule has 0 aliphatic rings. The summed E-state index contributed by atoms with van der Waals surface area (Å²) in [6, 6.07) is 13.4. The van der Waals surface area contributed by atoms with Crippen molar-refractivity contribution in [2.24, 2.45) is 5.73 Å². The Hall–Kier alpha value is -2.71. The van der Waals surface area contributed by atoms with Crippen LogP contribution in [0.15, 0.2) is 59.5 Å². The van der Waals surface area contributed by atoms with Crippen molar-refractivity contribution < 1.29 is 22.7 Å². The van der Waals surface area contributed by atoms with Gasteiger partial charge in [0.1, 0.15) is 0 Å². The Morgan fingerprint density at radius 1 is 1.00 bits per heavy atom. The van der Waals surface area contributed by atoms with Gasteiger partial charge in [-0.1, -0.05) is 30.3 Å². The first kappa shape index (κ1) is 19.6. The molecular formula is C18H20N2O5S. The van der Waals surface area contributed by atoms with E-state index in [2.05, 4.69) is 4.72 Å². The Bertz CT molecular complexity index is 878. The van der Waals surface area contributed by atoms with E-state index in [1.165, 1.54) is 24.3 Å². The first-order valence-corrected chi connectivity index (χ1v) is 9.36. The lowest BCUT2D eigenvalue weighted by molar-refractivity contribution is -0.127. The van der Waals surface area contributed by atoms with Crippen molar-refractivity contribution in [1.29, 1.82) is 0 Å². The van der Waals surface area contributed by atoms with Gasteiger partial charge in [0.25, 0.3) is 5.91 Å². The van der Waals surface area contributed by atoms with E-state index in [0.717, 1.165) is 0 Å². The molecule has 1 unspecified atom stereocenters. The second-order valence-electron chi connectivity index (χ2n) is 5.90. The summed E-state index contributed by atoms with van der Waals surface area (Å²) in [4.78, 5) is 23.9. The van der Waals surface area contributed by atoms with Crippen molar-refractivity contribution >= 4 is 21.9 Å². The van der Waals surface area contributed by atoms with Crippen LogP contribution in [0.25, 0.3) is 0 Å². The van der Waals surface area contributed by atoms with E-state index in [4.69, 9.17) is 10.5 Å². The summed E-state index contributed by atoms with van der Waals surface area (Å²) in [6.07, 6.45) is -1.23. The van der Waals surface area contributed by atoms with E-state index in [1.54, 1.807) is 44.2 Å². The molecule has 138 valence electrons. The molecule has 7 nitrogen and oxygen atoms in total. The van der Waals surface area contributed by atoms with Gasteiger partial charge < -0.3 is 10.5 Å². The van der Waals surface area contributed by atoms with Crippen LogP contribution in [0.1, 0.15) is 35.9 Å². The minimum atomic E-state index is -3.66. The van der Waals surface area contributed by atoms with Crippen LogP contribution in [0, 0.1) is 0 Å². The molecule has 0 aliphatic carbocycles. The highest BCUT2D eigenvalue weighted by atomic mass is 32.2. The van der Waals surface area contributed by atoms with Gasteiger partial charge in [0.15, 0.2) is 0 Å². The quantitative estimate of drug-likeness (QED) is 0.714. The molecule has 0 heterocycles. The number of hydrogen-bond donors (Lipinski definition) is 2. The summed E-state index contributed by atoms with van der Waals surface area (Å²) in [6.45, 7) is 3.41. The molecule has 1 amide bonds. The van der Waals surface area contributed by atoms with Gasteiger partial charge >= 0.3 is 5.97 Å². The van der Waals surface area contributed by atoms with E-state index in [9.17, 15) is 18.0 Å². The zero-order valence-corrected chi connectivity index (χ0v) is 15.2. The molecule has 0 saturated heterocycles. The van der Waals surface area contributed by atoms with Crippen molar-refractivity contribution in [2.45, 2.75) is 30.9 Å². The van der Waals surface area contributed by atoms with Crippen molar-refractivity contribution in [3.8, 4) is 0 Å². The third-order valence-electron chi connectivity index (χ3n) is 3.38. The molecule has 1 atom stereocenters. The predicted molar refractivity (Wildman–Crippen MR) is 95.7 cm³/mol. The highest BCUT2D eigenvalue weighted by Crippen LogP contribution is 2.19. The SMILES string of the molecule is CC(C)NS(=O)(=O)c1ccc(C(=O)OC(C(N)=O)c2ccccc2)cc1. The molecule has 2 rings (SSSR count). The van der Waals surface area contributed by atoms with E-state index < -0.39 is 28.0 Å². The van der Waals surface area contributed by atoms with Crippen LogP contribution in [0.4, 0.5) is 0 Å². The second-order valence-corrected chi connectivity index (χ2v) is 7.61. The molecule has 0 aromatic heterocycles. The third-order valence-corrected chi connectivity index (χ3v) is 5.05. The Balaban J connectivity index is 2.18. The monoisotopic (exact) mass is 376 g/mol. The molecule has 0 spiro atoms. The van der Waals surface area contributed by atoms with Gasteiger partial charge in [-0.2, -0.15) is 0 Å². The topological polar surface area (TPSA) is 116 Å². The highest BCUT2D eigenvalue weighted by molar-refractivity contribution is 7.89. The third kappa shape index (κ3) is 4.90. The van der Waals surface area contributed by atoms with Gasteiger partial charge in [-0.15, -0.1) is 0 Å². The maximum Gasteiger partial charge on any atom is 0.339 e. The molecule has 0 saturated carbocycles. The highest BCUT2D eigenvalue weighted by Gasteiger charge is 2.23. The van der Waals surface area contributed by atoms with Crippen molar-refractivity contribution in [1.82, 2.24) is 4.72 Å². The first-order valence-electron chi connectivity index (χ1n) is 7.88. The van der Waals surface area contributed by atoms with Crippen molar-refractivity contribution in [3.05, 3.63) is 65.7 Å². The molecule has 3 N–H and O–H groups in total. The zero-order chi connectivity index (χ0) is 19.3. The minimum Gasteiger partial charge on any atom is -0.444 e. The van der Waals surface area contributed by atoms with Crippen LogP contribution in [-0.4, -0.2) is 26.3 Å². The Morgan fingerprint density at radius 2 is 1.58 bits per heavy atom. The van der Waals surface area contributed by atoms with Crippen LogP contribution in [-0.2, 0) is 19.6 Å². The molecule has 8 heteroatoms. The molecule has 0 fully saturated rings. The van der Waals surface area contributed by atoms with Gasteiger partial charge in [-0.25, -0.2) is 17.9 Å². The fraction of sp³-hybridized carbons (Fsp3) is 0.222. The number of carbonyl (C=O) groups excluding carboxylic acids is 2. The lowest BCUT2D eigenvalue weighted by Crippen LogP contribution is -2.30. The molecule has 26 heavy (non-hydrogen) atoms. The summed E-state index contributed by atoms with van der Waals surface area (Å²) in [5.74, 6) is -1.58. The zero-order valence-electron chi connectivity index (χ0n) is 14.4.